The van der Waals surface area contributed by atoms with E-state index in [-0.39, 0.29) is 11.7 Å². The normalized spacial score (nSPS) is 15.7. The van der Waals surface area contributed by atoms with Crippen LogP contribution in [0, 0.1) is 0 Å². The maximum atomic E-state index is 13.0. The van der Waals surface area contributed by atoms with E-state index in [2.05, 4.69) is 4.98 Å². The highest BCUT2D eigenvalue weighted by Crippen LogP contribution is 2.36. The summed E-state index contributed by atoms with van der Waals surface area (Å²) in [6.07, 6.45) is 2.82. The van der Waals surface area contributed by atoms with Gasteiger partial charge < -0.3 is 9.47 Å². The Balaban J connectivity index is 1.65. The van der Waals surface area contributed by atoms with E-state index in [0.717, 1.165) is 33.8 Å². The average molecular weight is 448 g/mol. The number of benzene rings is 2. The third-order valence-corrected chi connectivity index (χ3v) is 6.20. The molecule has 2 aromatic carbocycles. The summed E-state index contributed by atoms with van der Waals surface area (Å²) in [5.74, 6) is 0.941. The Hall–Kier alpha value is -3.22. The Morgan fingerprint density at radius 3 is 2.66 bits per heavy atom. The van der Waals surface area contributed by atoms with Gasteiger partial charge in [-0.25, -0.2) is 9.50 Å². The van der Waals surface area contributed by atoms with Gasteiger partial charge in [0.1, 0.15) is 5.75 Å². The molecule has 0 bridgehead atoms. The molecule has 0 saturated heterocycles. The van der Waals surface area contributed by atoms with Crippen molar-refractivity contribution in [2.24, 2.45) is 0 Å². The second kappa shape index (κ2) is 8.37. The minimum atomic E-state index is 0.0659. The molecule has 2 aromatic heterocycles. The van der Waals surface area contributed by atoms with Crippen LogP contribution >= 0.6 is 11.6 Å². The Morgan fingerprint density at radius 2 is 1.94 bits per heavy atom. The van der Waals surface area contributed by atoms with Gasteiger partial charge >= 0.3 is 0 Å². The lowest BCUT2D eigenvalue weighted by Gasteiger charge is -2.24. The molecule has 32 heavy (non-hydrogen) atoms. The van der Waals surface area contributed by atoms with Crippen LogP contribution in [0.3, 0.4) is 0 Å². The number of hydrogen-bond donors (Lipinski definition) is 0. The zero-order chi connectivity index (χ0) is 22.2. The number of methoxy groups -OCH3 is 2. The van der Waals surface area contributed by atoms with Crippen molar-refractivity contribution in [2.45, 2.75) is 25.4 Å². The molecule has 2 heterocycles. The molecule has 1 aliphatic rings. The number of carbonyl (C=O) groups excluding carboxylic acids is 1. The largest absolute Gasteiger partial charge is 0.497 e. The standard InChI is InChI=1S/C25H22ClN3O3/c1-31-14-21-24(16-4-3-5-18(26)10-16)25-27-13-20-22(29(25)28-21)11-17(12-23(20)30)15-6-8-19(32-2)9-7-15/h3-10,13,17H,11-12,14H2,1-2H3/t17-/m0/s1. The first-order valence-corrected chi connectivity index (χ1v) is 10.8. The summed E-state index contributed by atoms with van der Waals surface area (Å²) in [4.78, 5) is 17.7. The first-order valence-electron chi connectivity index (χ1n) is 10.4. The first kappa shape index (κ1) is 20.7. The van der Waals surface area contributed by atoms with Gasteiger partial charge in [0.25, 0.3) is 0 Å². The van der Waals surface area contributed by atoms with Gasteiger partial charge in [-0.15, -0.1) is 0 Å². The molecule has 162 valence electrons. The second-order valence-electron chi connectivity index (χ2n) is 7.92. The Labute approximate surface area is 190 Å². The molecule has 4 aromatic rings. The maximum Gasteiger partial charge on any atom is 0.166 e. The summed E-state index contributed by atoms with van der Waals surface area (Å²) >= 11 is 6.25. The van der Waals surface area contributed by atoms with Crippen LogP contribution in [0.1, 0.15) is 39.6 Å². The Morgan fingerprint density at radius 1 is 1.12 bits per heavy atom. The summed E-state index contributed by atoms with van der Waals surface area (Å²) in [5.41, 5.74) is 5.85. The highest BCUT2D eigenvalue weighted by atomic mass is 35.5. The molecule has 0 aliphatic heterocycles. The lowest BCUT2D eigenvalue weighted by Crippen LogP contribution is -2.22. The molecule has 6 nitrogen and oxygen atoms in total. The van der Waals surface area contributed by atoms with Gasteiger partial charge in [-0.3, -0.25) is 4.79 Å². The molecule has 0 amide bonds. The SMILES string of the molecule is COCc1nn2c3c(cnc2c1-c1cccc(Cl)c1)C(=O)C[C@@H](c1ccc(OC)cc1)C3. The van der Waals surface area contributed by atoms with Gasteiger partial charge in [-0.05, 0) is 47.7 Å². The Bertz CT molecular complexity index is 1310. The van der Waals surface area contributed by atoms with Gasteiger partial charge in [0.15, 0.2) is 11.4 Å². The third kappa shape index (κ3) is 3.55. The number of aromatic nitrogens is 3. The summed E-state index contributed by atoms with van der Waals surface area (Å²) < 4.78 is 12.5. The molecule has 0 spiro atoms. The van der Waals surface area contributed by atoms with E-state index in [4.69, 9.17) is 26.2 Å². The first-order chi connectivity index (χ1) is 15.6. The van der Waals surface area contributed by atoms with Gasteiger partial charge in [0.05, 0.1) is 36.2 Å². The number of hydrogen-bond acceptors (Lipinski definition) is 5. The number of fused-ring (bicyclic) bond motifs is 3. The van der Waals surface area contributed by atoms with E-state index in [0.29, 0.717) is 35.7 Å². The zero-order valence-corrected chi connectivity index (χ0v) is 18.6. The fourth-order valence-electron chi connectivity index (χ4n) is 4.43. The molecule has 0 radical (unpaired) electrons. The van der Waals surface area contributed by atoms with Crippen molar-refractivity contribution in [1.29, 1.82) is 0 Å². The van der Waals surface area contributed by atoms with Crippen LogP contribution in [0.4, 0.5) is 0 Å². The fraction of sp³-hybridized carbons (Fsp3) is 0.240. The molecule has 1 atom stereocenters. The maximum absolute atomic E-state index is 13.0. The monoisotopic (exact) mass is 447 g/mol. The van der Waals surface area contributed by atoms with Crippen LogP contribution in [0.5, 0.6) is 5.75 Å². The number of rotatable bonds is 5. The van der Waals surface area contributed by atoms with Gasteiger partial charge in [0, 0.05) is 24.8 Å². The molecule has 0 saturated carbocycles. The minimum Gasteiger partial charge on any atom is -0.497 e. The van der Waals surface area contributed by atoms with Crippen LogP contribution in [0.25, 0.3) is 16.8 Å². The number of carbonyl (C=O) groups is 1. The number of ketones is 1. The van der Waals surface area contributed by atoms with Crippen molar-refractivity contribution < 1.29 is 14.3 Å². The van der Waals surface area contributed by atoms with E-state index < -0.39 is 0 Å². The van der Waals surface area contributed by atoms with Crippen LogP contribution in [0.15, 0.2) is 54.7 Å². The molecule has 5 rings (SSSR count). The Kier molecular flexibility index (Phi) is 5.41. The van der Waals surface area contributed by atoms with Crippen molar-refractivity contribution in [3.8, 4) is 16.9 Å². The molecule has 0 fully saturated rings. The van der Waals surface area contributed by atoms with Crippen molar-refractivity contribution in [1.82, 2.24) is 14.6 Å². The molecular weight excluding hydrogens is 426 g/mol. The summed E-state index contributed by atoms with van der Waals surface area (Å²) in [6, 6.07) is 15.5. The van der Waals surface area contributed by atoms with Crippen molar-refractivity contribution in [3.05, 3.63) is 82.3 Å². The molecule has 0 N–H and O–H groups in total. The third-order valence-electron chi connectivity index (χ3n) is 5.97. The number of Topliss-reactive ketones (excluding diaryl/α,β-unsaturated/α-hetero) is 1. The van der Waals surface area contributed by atoms with Gasteiger partial charge in [-0.2, -0.15) is 5.10 Å². The summed E-state index contributed by atoms with van der Waals surface area (Å²) in [5, 5.41) is 5.46. The average Bonchev–Trinajstić information content (AvgIpc) is 3.18. The highest BCUT2D eigenvalue weighted by Gasteiger charge is 2.30. The number of halogens is 1. The minimum absolute atomic E-state index is 0.0659. The zero-order valence-electron chi connectivity index (χ0n) is 17.8. The van der Waals surface area contributed by atoms with Crippen molar-refractivity contribution >= 4 is 23.0 Å². The van der Waals surface area contributed by atoms with Gasteiger partial charge in [0.2, 0.25) is 0 Å². The van der Waals surface area contributed by atoms with Gasteiger partial charge in [-0.1, -0.05) is 35.9 Å². The molecule has 1 aliphatic carbocycles. The van der Waals surface area contributed by atoms with E-state index in [1.165, 1.54) is 0 Å². The van der Waals surface area contributed by atoms with E-state index in [9.17, 15) is 4.79 Å². The van der Waals surface area contributed by atoms with Crippen LogP contribution in [-0.4, -0.2) is 34.6 Å². The topological polar surface area (TPSA) is 65.7 Å². The van der Waals surface area contributed by atoms with Crippen LogP contribution in [-0.2, 0) is 17.8 Å². The number of nitrogens with zero attached hydrogens (tertiary/aromatic N) is 3. The smallest absolute Gasteiger partial charge is 0.166 e. The van der Waals surface area contributed by atoms with Crippen molar-refractivity contribution in [2.75, 3.05) is 14.2 Å². The molecular formula is C25H22ClN3O3. The fourth-order valence-corrected chi connectivity index (χ4v) is 4.62. The lowest BCUT2D eigenvalue weighted by atomic mass is 9.82. The van der Waals surface area contributed by atoms with E-state index >= 15 is 0 Å². The van der Waals surface area contributed by atoms with E-state index in [1.807, 2.05) is 53.0 Å². The van der Waals surface area contributed by atoms with E-state index in [1.54, 1.807) is 20.4 Å². The van der Waals surface area contributed by atoms with Crippen LogP contribution < -0.4 is 4.74 Å². The highest BCUT2D eigenvalue weighted by molar-refractivity contribution is 6.30. The molecule has 7 heteroatoms. The van der Waals surface area contributed by atoms with Crippen LogP contribution in [0.2, 0.25) is 5.02 Å². The predicted molar refractivity (Wildman–Crippen MR) is 123 cm³/mol. The second-order valence-corrected chi connectivity index (χ2v) is 8.36. The quantitative estimate of drug-likeness (QED) is 0.425. The number of ether oxygens (including phenoxy) is 2. The summed E-state index contributed by atoms with van der Waals surface area (Å²) in [6.45, 7) is 0.329. The predicted octanol–water partition coefficient (Wildman–Crippen LogP) is 5.12. The van der Waals surface area contributed by atoms with Crippen molar-refractivity contribution in [3.63, 3.8) is 0 Å². The lowest BCUT2D eigenvalue weighted by molar-refractivity contribution is 0.0962. The molecule has 0 unspecified atom stereocenters. The summed E-state index contributed by atoms with van der Waals surface area (Å²) in [7, 11) is 3.28.